The lowest BCUT2D eigenvalue weighted by Crippen LogP contribution is -2.29. The van der Waals surface area contributed by atoms with Crippen molar-refractivity contribution in [3.63, 3.8) is 0 Å². The summed E-state index contributed by atoms with van der Waals surface area (Å²) in [5.74, 6) is 0.866. The number of ether oxygens (including phenoxy) is 1. The summed E-state index contributed by atoms with van der Waals surface area (Å²) in [4.78, 5) is 12.1. The number of fused-ring (bicyclic) bond motifs is 1. The Labute approximate surface area is 186 Å². The number of nitrogens with one attached hydrogen (secondary N) is 1. The number of hydrogen-bond acceptors (Lipinski definition) is 5. The van der Waals surface area contributed by atoms with Crippen molar-refractivity contribution in [2.75, 3.05) is 13.2 Å². The first-order chi connectivity index (χ1) is 14.6. The van der Waals surface area contributed by atoms with Gasteiger partial charge in [0.15, 0.2) is 11.5 Å². The van der Waals surface area contributed by atoms with Gasteiger partial charge in [-0.15, -0.1) is 15.3 Å². The van der Waals surface area contributed by atoms with Gasteiger partial charge in [0.05, 0.1) is 18.0 Å². The first-order valence-corrected chi connectivity index (χ1v) is 10.4. The molecule has 1 N–H and O–H groups in total. The molecule has 2 aromatic heterocycles. The van der Waals surface area contributed by atoms with E-state index in [-0.39, 0.29) is 12.5 Å². The van der Waals surface area contributed by atoms with Gasteiger partial charge in [0.25, 0.3) is 0 Å². The van der Waals surface area contributed by atoms with Crippen LogP contribution in [-0.2, 0) is 11.2 Å². The van der Waals surface area contributed by atoms with Gasteiger partial charge in [-0.05, 0) is 35.9 Å². The Hall–Kier alpha value is -2.97. The monoisotopic (exact) mass is 485 g/mol. The Balaban J connectivity index is 1.35. The summed E-state index contributed by atoms with van der Waals surface area (Å²) in [6, 6.07) is 18.5. The molecule has 0 atom stereocenters. The molecule has 0 aliphatic heterocycles. The molecule has 0 radical (unpaired) electrons. The minimum atomic E-state index is -0.0656. The number of aromatic nitrogens is 4. The highest BCUT2D eigenvalue weighted by molar-refractivity contribution is 9.10. The predicted molar refractivity (Wildman–Crippen MR) is 118 cm³/mol. The average molecular weight is 487 g/mol. The van der Waals surface area contributed by atoms with E-state index in [2.05, 4.69) is 36.5 Å². The van der Waals surface area contributed by atoms with Crippen LogP contribution in [0.15, 0.2) is 65.1 Å². The van der Waals surface area contributed by atoms with Crippen LogP contribution in [0.25, 0.3) is 17.0 Å². The van der Waals surface area contributed by atoms with Gasteiger partial charge >= 0.3 is 0 Å². The number of nitrogens with zero attached hydrogens (tertiary/aromatic N) is 4. The number of halogens is 2. The zero-order valence-corrected chi connectivity index (χ0v) is 18.1. The van der Waals surface area contributed by atoms with Crippen LogP contribution in [0.4, 0.5) is 0 Å². The maximum Gasteiger partial charge on any atom is 0.231 e. The van der Waals surface area contributed by atoms with Crippen molar-refractivity contribution in [1.29, 1.82) is 0 Å². The molecule has 0 bridgehead atoms. The standard InChI is InChI=1S/C21H17BrClN5O2/c22-15-7-5-14(6-8-15)13-19(29)24-11-12-30-20-10-9-18-25-26-21(28(18)27-20)16-3-1-2-4-17(16)23/h1-10H,11-13H2,(H,24,29). The van der Waals surface area contributed by atoms with E-state index < -0.39 is 0 Å². The van der Waals surface area contributed by atoms with Crippen LogP contribution in [0.5, 0.6) is 5.88 Å². The van der Waals surface area contributed by atoms with Crippen LogP contribution in [0.1, 0.15) is 5.56 Å². The van der Waals surface area contributed by atoms with E-state index in [1.807, 2.05) is 42.5 Å². The number of carbonyl (C=O) groups excluding carboxylic acids is 1. The van der Waals surface area contributed by atoms with Gasteiger partial charge in [-0.1, -0.05) is 51.8 Å². The molecular weight excluding hydrogens is 470 g/mol. The zero-order valence-electron chi connectivity index (χ0n) is 15.8. The van der Waals surface area contributed by atoms with Crippen molar-refractivity contribution in [3.05, 3.63) is 75.7 Å². The van der Waals surface area contributed by atoms with Gasteiger partial charge in [0.1, 0.15) is 6.61 Å². The van der Waals surface area contributed by atoms with Gasteiger partial charge in [-0.25, -0.2) is 0 Å². The Bertz CT molecular complexity index is 1180. The second-order valence-electron chi connectivity index (χ2n) is 6.45. The molecule has 1 amide bonds. The van der Waals surface area contributed by atoms with Crippen LogP contribution in [0.2, 0.25) is 5.02 Å². The maximum absolute atomic E-state index is 12.1. The van der Waals surface area contributed by atoms with E-state index in [0.29, 0.717) is 35.3 Å². The fourth-order valence-electron chi connectivity index (χ4n) is 2.86. The van der Waals surface area contributed by atoms with Gasteiger partial charge in [0, 0.05) is 16.1 Å². The van der Waals surface area contributed by atoms with Gasteiger partial charge < -0.3 is 10.1 Å². The third-order valence-electron chi connectivity index (χ3n) is 4.31. The maximum atomic E-state index is 12.1. The fraction of sp³-hybridized carbons (Fsp3) is 0.143. The summed E-state index contributed by atoms with van der Waals surface area (Å²) in [5.41, 5.74) is 2.26. The Morgan fingerprint density at radius 2 is 1.87 bits per heavy atom. The summed E-state index contributed by atoms with van der Waals surface area (Å²) >= 11 is 9.65. The van der Waals surface area contributed by atoms with Crippen molar-refractivity contribution in [1.82, 2.24) is 25.1 Å². The van der Waals surface area contributed by atoms with E-state index in [1.54, 1.807) is 22.7 Å². The summed E-state index contributed by atoms with van der Waals surface area (Å²) in [7, 11) is 0. The fourth-order valence-corrected chi connectivity index (χ4v) is 3.34. The highest BCUT2D eigenvalue weighted by Gasteiger charge is 2.13. The predicted octanol–water partition coefficient (Wildman–Crippen LogP) is 3.94. The second kappa shape index (κ2) is 9.23. The molecule has 0 saturated heterocycles. The van der Waals surface area contributed by atoms with Crippen LogP contribution < -0.4 is 10.1 Å². The topological polar surface area (TPSA) is 81.4 Å². The molecule has 152 valence electrons. The van der Waals surface area contributed by atoms with E-state index >= 15 is 0 Å². The molecular formula is C21H17BrClN5O2. The van der Waals surface area contributed by atoms with Gasteiger partial charge in [-0.3, -0.25) is 4.79 Å². The van der Waals surface area contributed by atoms with Crippen LogP contribution in [0.3, 0.4) is 0 Å². The minimum Gasteiger partial charge on any atom is -0.475 e. The highest BCUT2D eigenvalue weighted by atomic mass is 79.9. The molecule has 30 heavy (non-hydrogen) atoms. The SMILES string of the molecule is O=C(Cc1ccc(Br)cc1)NCCOc1ccc2nnc(-c3ccccc3Cl)n2n1. The lowest BCUT2D eigenvalue weighted by atomic mass is 10.1. The van der Waals surface area contributed by atoms with E-state index in [4.69, 9.17) is 16.3 Å². The molecule has 0 aliphatic carbocycles. The molecule has 0 fully saturated rings. The zero-order chi connectivity index (χ0) is 20.9. The molecule has 7 nitrogen and oxygen atoms in total. The number of amides is 1. The largest absolute Gasteiger partial charge is 0.475 e. The normalized spacial score (nSPS) is 10.9. The quantitative estimate of drug-likeness (QED) is 0.400. The molecule has 2 aromatic carbocycles. The first-order valence-electron chi connectivity index (χ1n) is 9.21. The summed E-state index contributed by atoms with van der Waals surface area (Å²) in [5, 5.41) is 16.1. The molecule has 0 unspecified atom stereocenters. The number of carbonyl (C=O) groups is 1. The molecule has 9 heteroatoms. The molecule has 0 saturated carbocycles. The highest BCUT2D eigenvalue weighted by Crippen LogP contribution is 2.26. The van der Waals surface area contributed by atoms with Crippen molar-refractivity contribution in [2.45, 2.75) is 6.42 Å². The van der Waals surface area contributed by atoms with E-state index in [0.717, 1.165) is 15.6 Å². The smallest absolute Gasteiger partial charge is 0.231 e. The number of hydrogen-bond donors (Lipinski definition) is 1. The number of rotatable bonds is 7. The minimum absolute atomic E-state index is 0.0656. The van der Waals surface area contributed by atoms with Crippen molar-refractivity contribution < 1.29 is 9.53 Å². The Morgan fingerprint density at radius 3 is 2.67 bits per heavy atom. The summed E-state index contributed by atoms with van der Waals surface area (Å²) in [6.07, 6.45) is 0.319. The molecule has 2 heterocycles. The Kier molecular flexibility index (Phi) is 6.25. The second-order valence-corrected chi connectivity index (χ2v) is 7.77. The van der Waals surface area contributed by atoms with Gasteiger partial charge in [-0.2, -0.15) is 4.52 Å². The lowest BCUT2D eigenvalue weighted by Gasteiger charge is -2.08. The summed E-state index contributed by atoms with van der Waals surface area (Å²) in [6.45, 7) is 0.656. The molecule has 0 spiro atoms. The van der Waals surface area contributed by atoms with E-state index in [1.165, 1.54) is 0 Å². The van der Waals surface area contributed by atoms with Crippen molar-refractivity contribution in [2.24, 2.45) is 0 Å². The van der Waals surface area contributed by atoms with Crippen molar-refractivity contribution in [3.8, 4) is 17.3 Å². The van der Waals surface area contributed by atoms with Gasteiger partial charge in [0.2, 0.25) is 11.8 Å². The lowest BCUT2D eigenvalue weighted by molar-refractivity contribution is -0.120. The number of benzene rings is 2. The third kappa shape index (κ3) is 4.77. The Morgan fingerprint density at radius 1 is 1.07 bits per heavy atom. The van der Waals surface area contributed by atoms with Crippen LogP contribution in [-0.4, -0.2) is 38.9 Å². The first kappa shape index (κ1) is 20.3. The van der Waals surface area contributed by atoms with Crippen molar-refractivity contribution >= 4 is 39.1 Å². The van der Waals surface area contributed by atoms with Crippen LogP contribution in [0, 0.1) is 0 Å². The average Bonchev–Trinajstić information content (AvgIpc) is 3.16. The van der Waals surface area contributed by atoms with E-state index in [9.17, 15) is 4.79 Å². The third-order valence-corrected chi connectivity index (χ3v) is 5.16. The van der Waals surface area contributed by atoms with Crippen LogP contribution >= 0.6 is 27.5 Å². The summed E-state index contributed by atoms with van der Waals surface area (Å²) < 4.78 is 8.25. The molecule has 4 rings (SSSR count). The molecule has 4 aromatic rings. The molecule has 0 aliphatic rings.